The maximum atomic E-state index is 11.2. The first kappa shape index (κ1) is 15.0. The van der Waals surface area contributed by atoms with Crippen LogP contribution < -0.4 is 5.32 Å². The fourth-order valence-corrected chi connectivity index (χ4v) is 2.24. The van der Waals surface area contributed by atoms with E-state index in [1.807, 2.05) is 6.07 Å². The Morgan fingerprint density at radius 1 is 1.35 bits per heavy atom. The van der Waals surface area contributed by atoms with E-state index in [9.17, 15) is 9.90 Å². The molecule has 2 N–H and O–H groups in total. The van der Waals surface area contributed by atoms with Crippen LogP contribution in [-0.4, -0.2) is 48.2 Å². The van der Waals surface area contributed by atoms with Crippen molar-refractivity contribution in [3.63, 3.8) is 0 Å². The Morgan fingerprint density at radius 3 is 2.65 bits per heavy atom. The Hall–Kier alpha value is -1.39. The molecule has 1 aliphatic carbocycles. The summed E-state index contributed by atoms with van der Waals surface area (Å²) in [5.41, 5.74) is 1.32. The maximum absolute atomic E-state index is 11.2. The number of hydrogen-bond acceptors (Lipinski definition) is 3. The lowest BCUT2D eigenvalue weighted by atomic mass is 10.1. The summed E-state index contributed by atoms with van der Waals surface area (Å²) in [5.74, 6) is -0.728. The predicted octanol–water partition coefficient (Wildman–Crippen LogP) is 1.76. The van der Waals surface area contributed by atoms with E-state index in [1.165, 1.54) is 5.56 Å². The molecule has 4 nitrogen and oxygen atoms in total. The minimum atomic E-state index is -0.728. The maximum Gasteiger partial charge on any atom is 0.320 e. The van der Waals surface area contributed by atoms with Gasteiger partial charge in [0.05, 0.1) is 0 Å². The Kier molecular flexibility index (Phi) is 5.56. The number of rotatable bonds is 9. The van der Waals surface area contributed by atoms with Gasteiger partial charge in [-0.3, -0.25) is 4.79 Å². The molecule has 2 rings (SSSR count). The Labute approximate surface area is 120 Å². The molecule has 1 unspecified atom stereocenters. The highest BCUT2D eigenvalue weighted by molar-refractivity contribution is 5.73. The van der Waals surface area contributed by atoms with Crippen molar-refractivity contribution in [3.05, 3.63) is 35.9 Å². The topological polar surface area (TPSA) is 52.6 Å². The zero-order valence-electron chi connectivity index (χ0n) is 12.1. The van der Waals surface area contributed by atoms with Crippen LogP contribution in [0.15, 0.2) is 30.3 Å². The van der Waals surface area contributed by atoms with Crippen molar-refractivity contribution >= 4 is 5.97 Å². The molecule has 1 atom stereocenters. The van der Waals surface area contributed by atoms with Crippen LogP contribution in [0, 0.1) is 0 Å². The zero-order chi connectivity index (χ0) is 14.4. The van der Waals surface area contributed by atoms with E-state index in [0.29, 0.717) is 12.5 Å². The van der Waals surface area contributed by atoms with E-state index in [0.717, 1.165) is 32.4 Å². The molecule has 0 aliphatic heterocycles. The molecule has 1 aromatic carbocycles. The highest BCUT2D eigenvalue weighted by Crippen LogP contribution is 2.20. The van der Waals surface area contributed by atoms with Gasteiger partial charge in [0.1, 0.15) is 6.04 Å². The van der Waals surface area contributed by atoms with E-state index >= 15 is 0 Å². The Bertz CT molecular complexity index is 418. The van der Waals surface area contributed by atoms with Crippen LogP contribution in [0.4, 0.5) is 0 Å². The number of hydrogen-bond donors (Lipinski definition) is 2. The average molecular weight is 276 g/mol. The van der Waals surface area contributed by atoms with Crippen LogP contribution in [0.25, 0.3) is 0 Å². The third kappa shape index (κ3) is 5.31. The van der Waals surface area contributed by atoms with Crippen molar-refractivity contribution in [1.82, 2.24) is 10.2 Å². The second kappa shape index (κ2) is 7.41. The third-order valence-electron chi connectivity index (χ3n) is 3.74. The van der Waals surface area contributed by atoms with Gasteiger partial charge in [-0.1, -0.05) is 30.3 Å². The van der Waals surface area contributed by atoms with Crippen molar-refractivity contribution in [2.45, 2.75) is 37.8 Å². The van der Waals surface area contributed by atoms with Crippen LogP contribution >= 0.6 is 0 Å². The van der Waals surface area contributed by atoms with Crippen molar-refractivity contribution in [2.24, 2.45) is 0 Å². The Morgan fingerprint density at radius 2 is 2.05 bits per heavy atom. The van der Waals surface area contributed by atoms with Gasteiger partial charge in [-0.2, -0.15) is 0 Å². The summed E-state index contributed by atoms with van der Waals surface area (Å²) in [6, 6.07) is 10.4. The first-order valence-corrected chi connectivity index (χ1v) is 7.36. The van der Waals surface area contributed by atoms with Gasteiger partial charge < -0.3 is 15.3 Å². The molecule has 1 fully saturated rings. The average Bonchev–Trinajstić information content (AvgIpc) is 3.26. The molecule has 1 aromatic rings. The van der Waals surface area contributed by atoms with Crippen molar-refractivity contribution in [2.75, 3.05) is 20.1 Å². The normalized spacial score (nSPS) is 16.3. The minimum Gasteiger partial charge on any atom is -0.480 e. The number of likely N-dealkylation sites (N-methyl/N-ethyl adjacent to an activating group) is 1. The van der Waals surface area contributed by atoms with Gasteiger partial charge in [0, 0.05) is 12.6 Å². The quantitative estimate of drug-likeness (QED) is 0.721. The first-order chi connectivity index (χ1) is 9.65. The summed E-state index contributed by atoms with van der Waals surface area (Å²) in [5, 5.41) is 12.4. The number of carboxylic acid groups (broad SMARTS) is 1. The van der Waals surface area contributed by atoms with E-state index < -0.39 is 12.0 Å². The SMILES string of the molecule is CN(CCc1ccccc1)CCC(NC1CC1)C(=O)O. The molecule has 0 saturated heterocycles. The van der Waals surface area contributed by atoms with Gasteiger partial charge >= 0.3 is 5.97 Å². The van der Waals surface area contributed by atoms with Gasteiger partial charge in [-0.15, -0.1) is 0 Å². The van der Waals surface area contributed by atoms with Crippen molar-refractivity contribution < 1.29 is 9.90 Å². The van der Waals surface area contributed by atoms with Gasteiger partial charge in [0.25, 0.3) is 0 Å². The van der Waals surface area contributed by atoms with E-state index in [2.05, 4.69) is 41.5 Å². The van der Waals surface area contributed by atoms with Crippen LogP contribution in [0.2, 0.25) is 0 Å². The first-order valence-electron chi connectivity index (χ1n) is 7.36. The summed E-state index contributed by atoms with van der Waals surface area (Å²) >= 11 is 0. The van der Waals surface area contributed by atoms with Crippen molar-refractivity contribution in [3.8, 4) is 0 Å². The molecule has 110 valence electrons. The highest BCUT2D eigenvalue weighted by Gasteiger charge is 2.27. The van der Waals surface area contributed by atoms with Gasteiger partial charge in [0.2, 0.25) is 0 Å². The second-order valence-electron chi connectivity index (χ2n) is 5.66. The molecule has 0 bridgehead atoms. The highest BCUT2D eigenvalue weighted by atomic mass is 16.4. The van der Waals surface area contributed by atoms with E-state index in [4.69, 9.17) is 0 Å². The molecule has 0 heterocycles. The van der Waals surface area contributed by atoms with Crippen LogP contribution in [-0.2, 0) is 11.2 Å². The van der Waals surface area contributed by atoms with Crippen molar-refractivity contribution in [1.29, 1.82) is 0 Å². The number of nitrogens with one attached hydrogen (secondary N) is 1. The lowest BCUT2D eigenvalue weighted by molar-refractivity contribution is -0.139. The number of carbonyl (C=O) groups is 1. The summed E-state index contributed by atoms with van der Waals surface area (Å²) < 4.78 is 0. The number of nitrogens with zero attached hydrogens (tertiary/aromatic N) is 1. The van der Waals surface area contributed by atoms with E-state index in [-0.39, 0.29) is 0 Å². The number of aliphatic carboxylic acids is 1. The Balaban J connectivity index is 1.67. The molecule has 0 radical (unpaired) electrons. The largest absolute Gasteiger partial charge is 0.480 e. The molecule has 0 amide bonds. The fraction of sp³-hybridized carbons (Fsp3) is 0.562. The molecule has 4 heteroatoms. The standard InChI is InChI=1S/C16H24N2O2/c1-18(11-9-13-5-3-2-4-6-13)12-10-15(16(19)20)17-14-7-8-14/h2-6,14-15,17H,7-12H2,1H3,(H,19,20). The predicted molar refractivity (Wildman–Crippen MR) is 79.8 cm³/mol. The number of benzene rings is 1. The summed E-state index contributed by atoms with van der Waals surface area (Å²) in [4.78, 5) is 13.4. The van der Waals surface area contributed by atoms with Gasteiger partial charge in [-0.25, -0.2) is 0 Å². The molecule has 20 heavy (non-hydrogen) atoms. The van der Waals surface area contributed by atoms with Crippen LogP contribution in [0.5, 0.6) is 0 Å². The lowest BCUT2D eigenvalue weighted by Crippen LogP contribution is -2.40. The molecule has 0 spiro atoms. The van der Waals surface area contributed by atoms with Crippen LogP contribution in [0.1, 0.15) is 24.8 Å². The molecular formula is C16H24N2O2. The summed E-state index contributed by atoms with van der Waals surface area (Å²) in [6.45, 7) is 1.77. The van der Waals surface area contributed by atoms with Gasteiger partial charge in [0.15, 0.2) is 0 Å². The van der Waals surface area contributed by atoms with E-state index in [1.54, 1.807) is 0 Å². The fourth-order valence-electron chi connectivity index (χ4n) is 2.24. The summed E-state index contributed by atoms with van der Waals surface area (Å²) in [7, 11) is 2.05. The second-order valence-corrected chi connectivity index (χ2v) is 5.66. The lowest BCUT2D eigenvalue weighted by Gasteiger charge is -2.20. The molecule has 1 aliphatic rings. The monoisotopic (exact) mass is 276 g/mol. The third-order valence-corrected chi connectivity index (χ3v) is 3.74. The number of carboxylic acids is 1. The summed E-state index contributed by atoms with van der Waals surface area (Å²) in [6.07, 6.45) is 3.91. The van der Waals surface area contributed by atoms with Gasteiger partial charge in [-0.05, 0) is 44.8 Å². The van der Waals surface area contributed by atoms with Crippen LogP contribution in [0.3, 0.4) is 0 Å². The smallest absolute Gasteiger partial charge is 0.320 e. The molecule has 0 aromatic heterocycles. The molecule has 1 saturated carbocycles. The molecular weight excluding hydrogens is 252 g/mol. The minimum absolute atomic E-state index is 0.401. The zero-order valence-corrected chi connectivity index (χ0v) is 12.1.